The quantitative estimate of drug-likeness (QED) is 0.175. The molecule has 2 heterocycles. The Balaban J connectivity index is 1.72. The molecule has 1 amide bonds. The van der Waals surface area contributed by atoms with Crippen LogP contribution in [0.25, 0.3) is 0 Å². The first kappa shape index (κ1) is 29.0. The maximum atomic E-state index is 14.4. The molecule has 2 aliphatic heterocycles. The van der Waals surface area contributed by atoms with Crippen LogP contribution in [0.1, 0.15) is 38.2 Å². The van der Waals surface area contributed by atoms with Crippen LogP contribution in [0.4, 0.5) is 5.69 Å². The number of rotatable bonds is 10. The number of amides is 1. The summed E-state index contributed by atoms with van der Waals surface area (Å²) in [7, 11) is 0.866. The van der Waals surface area contributed by atoms with Gasteiger partial charge >= 0.3 is 5.97 Å². The smallest absolute Gasteiger partial charge is 0.305 e. The topological polar surface area (TPSA) is 85.3 Å². The number of aliphatic hydroxyl groups is 1. The van der Waals surface area contributed by atoms with Gasteiger partial charge in [-0.1, -0.05) is 37.3 Å². The molecule has 4 atom stereocenters. The fraction of sp³-hybridized carbons (Fsp3) is 0.517. The van der Waals surface area contributed by atoms with Crippen molar-refractivity contribution < 1.29 is 28.9 Å². The lowest BCUT2D eigenvalue weighted by atomic mass is 9.82. The van der Waals surface area contributed by atoms with E-state index in [-0.39, 0.29) is 36.0 Å². The van der Waals surface area contributed by atoms with Crippen molar-refractivity contribution in [1.82, 2.24) is 0 Å². The van der Waals surface area contributed by atoms with Gasteiger partial charge in [-0.05, 0) is 77.7 Å². The molecule has 206 valence electrons. The van der Waals surface area contributed by atoms with Crippen LogP contribution in [0.5, 0.6) is 5.75 Å². The summed E-state index contributed by atoms with van der Waals surface area (Å²) < 4.78 is 18.1. The summed E-state index contributed by atoms with van der Waals surface area (Å²) in [4.78, 5) is 27.8. The number of anilines is 1. The van der Waals surface area contributed by atoms with Gasteiger partial charge in [-0.2, -0.15) is 0 Å². The minimum atomic E-state index is -2.19. The summed E-state index contributed by atoms with van der Waals surface area (Å²) in [6, 6.07) is 14.4. The van der Waals surface area contributed by atoms with E-state index >= 15 is 0 Å². The van der Waals surface area contributed by atoms with Gasteiger partial charge in [0.2, 0.25) is 0 Å². The molecule has 1 fully saturated rings. The molecule has 1 spiro atoms. The zero-order valence-electron chi connectivity index (χ0n) is 22.8. The minimum absolute atomic E-state index is 0.00166. The lowest BCUT2D eigenvalue weighted by Crippen LogP contribution is -2.52. The highest BCUT2D eigenvalue weighted by atomic mass is 127. The first-order chi connectivity index (χ1) is 18.1. The van der Waals surface area contributed by atoms with Crippen LogP contribution in [0.3, 0.4) is 0 Å². The molecule has 7 nitrogen and oxygen atoms in total. The van der Waals surface area contributed by atoms with Crippen LogP contribution in [0.2, 0.25) is 18.6 Å². The molecule has 1 saturated heterocycles. The Labute approximate surface area is 240 Å². The summed E-state index contributed by atoms with van der Waals surface area (Å²) in [5.74, 6) is 0.449. The maximum absolute atomic E-state index is 14.4. The fourth-order valence-corrected chi connectivity index (χ4v) is 11.1. The number of fused-ring (bicyclic) bond motifs is 2. The molecule has 0 radical (unpaired) electrons. The number of nitrogens with zero attached hydrogens (tertiary/aromatic N) is 1. The van der Waals surface area contributed by atoms with Gasteiger partial charge in [-0.25, -0.2) is 0 Å². The number of unbranched alkanes of at least 4 members (excludes halogenated alkanes) is 1. The Morgan fingerprint density at radius 1 is 1.16 bits per heavy atom. The van der Waals surface area contributed by atoms with Gasteiger partial charge in [0.05, 0.1) is 34.1 Å². The van der Waals surface area contributed by atoms with Gasteiger partial charge in [0, 0.05) is 34.6 Å². The van der Waals surface area contributed by atoms with Crippen LogP contribution in [-0.4, -0.2) is 58.5 Å². The number of aliphatic hydroxyl groups excluding tert-OH is 1. The van der Waals surface area contributed by atoms with Crippen molar-refractivity contribution in [3.63, 3.8) is 0 Å². The van der Waals surface area contributed by atoms with Gasteiger partial charge in [0.15, 0.2) is 5.60 Å². The van der Waals surface area contributed by atoms with Crippen molar-refractivity contribution in [1.29, 1.82) is 0 Å². The van der Waals surface area contributed by atoms with Crippen molar-refractivity contribution in [3.05, 3.63) is 51.6 Å². The van der Waals surface area contributed by atoms with Gasteiger partial charge < -0.3 is 24.2 Å². The number of carbonyl (C=O) groups excluding carboxylic acids is 2. The summed E-state index contributed by atoms with van der Waals surface area (Å²) in [5, 5.41) is 11.3. The Hall–Kier alpha value is -1.95. The van der Waals surface area contributed by atoms with Gasteiger partial charge in [-0.3, -0.25) is 9.59 Å². The fourth-order valence-electron chi connectivity index (χ4n) is 6.55. The first-order valence-corrected chi connectivity index (χ1v) is 17.4. The number of esters is 1. The molecule has 0 unspecified atom stereocenters. The van der Waals surface area contributed by atoms with Gasteiger partial charge in [-0.15, -0.1) is 0 Å². The van der Waals surface area contributed by atoms with Crippen LogP contribution in [0.15, 0.2) is 42.5 Å². The number of ether oxygens (including phenoxy) is 3. The highest BCUT2D eigenvalue weighted by Gasteiger charge is 2.66. The summed E-state index contributed by atoms with van der Waals surface area (Å²) in [6.07, 6.45) is 1.90. The van der Waals surface area contributed by atoms with Gasteiger partial charge in [0.25, 0.3) is 5.91 Å². The SMILES string of the molecule is COC(=O)CCCCN1C(=O)[C@]2(O[C@H](CCO)[C@@H]([Si](C)(C)c3ccc(OC)cc3)[C@@H]2C)c2cc(I)ccc21. The monoisotopic (exact) mass is 651 g/mol. The van der Waals surface area contributed by atoms with E-state index < -0.39 is 13.7 Å². The van der Waals surface area contributed by atoms with Crippen LogP contribution < -0.4 is 14.8 Å². The molecule has 0 aliphatic carbocycles. The molecule has 4 rings (SSSR count). The third-order valence-electron chi connectivity index (χ3n) is 8.45. The molecule has 0 saturated carbocycles. The van der Waals surface area contributed by atoms with E-state index in [0.29, 0.717) is 32.2 Å². The summed E-state index contributed by atoms with van der Waals surface area (Å²) >= 11 is 2.29. The average molecular weight is 652 g/mol. The molecule has 38 heavy (non-hydrogen) atoms. The van der Waals surface area contributed by atoms with Crippen LogP contribution >= 0.6 is 22.6 Å². The van der Waals surface area contributed by atoms with E-state index in [1.54, 1.807) is 7.11 Å². The molecule has 0 aromatic heterocycles. The van der Waals surface area contributed by atoms with Crippen molar-refractivity contribution in [3.8, 4) is 5.75 Å². The highest BCUT2D eigenvalue weighted by Crippen LogP contribution is 2.60. The van der Waals surface area contributed by atoms with Crippen LogP contribution in [-0.2, 0) is 24.7 Å². The average Bonchev–Trinajstić information content (AvgIpc) is 3.33. The molecule has 2 aromatic carbocycles. The van der Waals surface area contributed by atoms with E-state index in [1.165, 1.54) is 12.3 Å². The van der Waals surface area contributed by atoms with Crippen molar-refractivity contribution in [2.24, 2.45) is 5.92 Å². The predicted molar refractivity (Wildman–Crippen MR) is 159 cm³/mol. The normalized spacial score (nSPS) is 24.7. The van der Waals surface area contributed by atoms with E-state index in [1.807, 2.05) is 29.2 Å². The second-order valence-electron chi connectivity index (χ2n) is 10.8. The lowest BCUT2D eigenvalue weighted by Gasteiger charge is -2.37. The highest BCUT2D eigenvalue weighted by molar-refractivity contribution is 14.1. The molecule has 1 N–H and O–H groups in total. The number of hydrogen-bond donors (Lipinski definition) is 1. The van der Waals surface area contributed by atoms with E-state index in [0.717, 1.165) is 20.6 Å². The largest absolute Gasteiger partial charge is 0.497 e. The third-order valence-corrected chi connectivity index (χ3v) is 13.5. The summed E-state index contributed by atoms with van der Waals surface area (Å²) in [5.41, 5.74) is 0.810. The lowest BCUT2D eigenvalue weighted by molar-refractivity contribution is -0.146. The van der Waals surface area contributed by atoms with Gasteiger partial charge in [0.1, 0.15) is 5.75 Å². The Morgan fingerprint density at radius 2 is 1.87 bits per heavy atom. The number of hydrogen-bond acceptors (Lipinski definition) is 6. The number of benzene rings is 2. The van der Waals surface area contributed by atoms with E-state index in [9.17, 15) is 14.7 Å². The molecular weight excluding hydrogens is 613 g/mol. The molecule has 0 bridgehead atoms. The second kappa shape index (κ2) is 11.7. The standard InChI is InChI=1S/C29H38INO6Si/c1-19-27(38(4,5)22-12-10-21(35-2)11-13-22)25(15-17-32)37-29(19)23-18-20(30)9-14-24(23)31(28(29)34)16-7-6-8-26(33)36-3/h9-14,18-19,25,27,32H,6-8,15-17H2,1-5H3/t19-,25+,27-,29+/m0/s1. The molecule has 2 aliphatic rings. The third kappa shape index (κ3) is 5.02. The molecule has 2 aromatic rings. The number of methoxy groups -OCH3 is 2. The summed E-state index contributed by atoms with van der Waals surface area (Å²) in [6.45, 7) is 7.34. The second-order valence-corrected chi connectivity index (χ2v) is 16.8. The zero-order chi connectivity index (χ0) is 27.7. The van der Waals surface area contributed by atoms with Crippen LogP contribution in [0, 0.1) is 9.49 Å². The maximum Gasteiger partial charge on any atom is 0.305 e. The molecule has 9 heteroatoms. The number of carbonyl (C=O) groups is 2. The number of halogens is 1. The Morgan fingerprint density at radius 3 is 2.50 bits per heavy atom. The minimum Gasteiger partial charge on any atom is -0.497 e. The van der Waals surface area contributed by atoms with E-state index in [2.05, 4.69) is 60.8 Å². The van der Waals surface area contributed by atoms with E-state index in [4.69, 9.17) is 14.2 Å². The van der Waals surface area contributed by atoms with Crippen molar-refractivity contribution in [2.75, 3.05) is 32.3 Å². The Bertz CT molecular complexity index is 1170. The zero-order valence-corrected chi connectivity index (χ0v) is 26.0. The van der Waals surface area contributed by atoms with Crippen molar-refractivity contribution >= 4 is 53.4 Å². The molecular formula is C29H38INO6Si. The first-order valence-electron chi connectivity index (χ1n) is 13.2. The van der Waals surface area contributed by atoms with Crippen molar-refractivity contribution in [2.45, 2.75) is 62.9 Å². The predicted octanol–water partition coefficient (Wildman–Crippen LogP) is 4.59. The Kier molecular flexibility index (Phi) is 8.90.